The highest BCUT2D eigenvalue weighted by molar-refractivity contribution is 5.93. The van der Waals surface area contributed by atoms with Gasteiger partial charge in [0.05, 0.1) is 5.56 Å². The standard InChI is InChI=1S/C12H19N3O3/c1-4-14(5-2)6-7-15-11(17)10(9(3)16)8-13-12(15)18/h8H,4-7H2,1-3H3,(H,13,18). The van der Waals surface area contributed by atoms with Crippen molar-refractivity contribution in [2.24, 2.45) is 0 Å². The van der Waals surface area contributed by atoms with Gasteiger partial charge < -0.3 is 9.88 Å². The van der Waals surface area contributed by atoms with Crippen LogP contribution in [0.15, 0.2) is 15.8 Å². The first-order chi connectivity index (χ1) is 8.51. The molecule has 0 radical (unpaired) electrons. The Morgan fingerprint density at radius 2 is 1.94 bits per heavy atom. The van der Waals surface area contributed by atoms with E-state index in [0.29, 0.717) is 6.54 Å². The normalized spacial score (nSPS) is 10.9. The molecule has 0 aliphatic carbocycles. The number of rotatable bonds is 6. The van der Waals surface area contributed by atoms with E-state index < -0.39 is 11.2 Å². The number of H-pyrrole nitrogens is 1. The largest absolute Gasteiger partial charge is 0.328 e. The van der Waals surface area contributed by atoms with E-state index in [1.54, 1.807) is 0 Å². The van der Waals surface area contributed by atoms with Crippen molar-refractivity contribution in [3.8, 4) is 0 Å². The third kappa shape index (κ3) is 3.16. The minimum Gasteiger partial charge on any atom is -0.313 e. The number of ketones is 1. The zero-order chi connectivity index (χ0) is 13.7. The Morgan fingerprint density at radius 1 is 1.33 bits per heavy atom. The minimum absolute atomic E-state index is 0.0224. The predicted octanol–water partition coefficient (Wildman–Crippen LogP) is 0.0810. The number of likely N-dealkylation sites (N-methyl/N-ethyl adjacent to an activating group) is 1. The van der Waals surface area contributed by atoms with Crippen LogP contribution >= 0.6 is 0 Å². The van der Waals surface area contributed by atoms with Crippen molar-refractivity contribution in [1.82, 2.24) is 14.5 Å². The first-order valence-corrected chi connectivity index (χ1v) is 6.07. The molecule has 0 aromatic carbocycles. The maximum atomic E-state index is 11.9. The molecule has 0 saturated heterocycles. The Balaban J connectivity index is 3.02. The fourth-order valence-electron chi connectivity index (χ4n) is 1.75. The van der Waals surface area contributed by atoms with Gasteiger partial charge in [0.1, 0.15) is 0 Å². The van der Waals surface area contributed by atoms with Gasteiger partial charge in [-0.3, -0.25) is 14.2 Å². The molecule has 0 saturated carbocycles. The van der Waals surface area contributed by atoms with Crippen LogP contribution in [-0.4, -0.2) is 39.9 Å². The van der Waals surface area contributed by atoms with Crippen LogP contribution in [0, 0.1) is 0 Å². The minimum atomic E-state index is -0.515. The van der Waals surface area contributed by atoms with E-state index in [-0.39, 0.29) is 17.9 Å². The Labute approximate surface area is 105 Å². The molecule has 0 unspecified atom stereocenters. The lowest BCUT2D eigenvalue weighted by Crippen LogP contribution is -2.41. The maximum absolute atomic E-state index is 11.9. The number of hydrogen-bond acceptors (Lipinski definition) is 4. The van der Waals surface area contributed by atoms with Crippen molar-refractivity contribution in [3.63, 3.8) is 0 Å². The molecule has 1 aromatic rings. The van der Waals surface area contributed by atoms with Crippen LogP contribution in [0.2, 0.25) is 0 Å². The number of Topliss-reactive ketones (excluding diaryl/α,β-unsaturated/α-hetero) is 1. The summed E-state index contributed by atoms with van der Waals surface area (Å²) in [5, 5.41) is 0. The zero-order valence-corrected chi connectivity index (χ0v) is 11.0. The topological polar surface area (TPSA) is 75.2 Å². The fourth-order valence-corrected chi connectivity index (χ4v) is 1.75. The molecular weight excluding hydrogens is 234 g/mol. The molecule has 18 heavy (non-hydrogen) atoms. The van der Waals surface area contributed by atoms with Crippen molar-refractivity contribution in [3.05, 3.63) is 32.6 Å². The summed E-state index contributed by atoms with van der Waals surface area (Å²) in [6.45, 7) is 7.95. The molecule has 0 bridgehead atoms. The zero-order valence-electron chi connectivity index (χ0n) is 11.0. The van der Waals surface area contributed by atoms with Crippen molar-refractivity contribution >= 4 is 5.78 Å². The molecule has 0 spiro atoms. The molecule has 0 fully saturated rings. The molecule has 0 aliphatic rings. The van der Waals surface area contributed by atoms with Gasteiger partial charge in [-0.1, -0.05) is 13.8 Å². The quantitative estimate of drug-likeness (QED) is 0.729. The highest BCUT2D eigenvalue weighted by Crippen LogP contribution is 1.90. The van der Waals surface area contributed by atoms with E-state index in [4.69, 9.17) is 0 Å². The van der Waals surface area contributed by atoms with Crippen molar-refractivity contribution in [2.45, 2.75) is 27.3 Å². The van der Waals surface area contributed by atoms with E-state index in [9.17, 15) is 14.4 Å². The molecule has 1 N–H and O–H groups in total. The SMILES string of the molecule is CCN(CC)CCn1c(=O)[nH]cc(C(C)=O)c1=O. The number of aromatic amines is 1. The third-order valence-electron chi connectivity index (χ3n) is 2.97. The Bertz CT molecular complexity index is 526. The molecule has 0 atom stereocenters. The second kappa shape index (κ2) is 6.30. The first kappa shape index (κ1) is 14.4. The highest BCUT2D eigenvalue weighted by atomic mass is 16.2. The number of carbonyl (C=O) groups excluding carboxylic acids is 1. The van der Waals surface area contributed by atoms with Gasteiger partial charge in [0.15, 0.2) is 5.78 Å². The Kier molecular flexibility index (Phi) is 5.03. The number of nitrogens with zero attached hydrogens (tertiary/aromatic N) is 2. The van der Waals surface area contributed by atoms with E-state index >= 15 is 0 Å². The van der Waals surface area contributed by atoms with Crippen molar-refractivity contribution in [1.29, 1.82) is 0 Å². The van der Waals surface area contributed by atoms with Gasteiger partial charge in [0, 0.05) is 19.3 Å². The lowest BCUT2D eigenvalue weighted by molar-refractivity contribution is 0.101. The molecule has 0 amide bonds. The molecular formula is C12H19N3O3. The molecule has 0 aliphatic heterocycles. The van der Waals surface area contributed by atoms with Crippen LogP contribution in [0.25, 0.3) is 0 Å². The summed E-state index contributed by atoms with van der Waals surface area (Å²) in [4.78, 5) is 39.3. The predicted molar refractivity (Wildman–Crippen MR) is 69.1 cm³/mol. The van der Waals surface area contributed by atoms with E-state index in [0.717, 1.165) is 17.7 Å². The van der Waals surface area contributed by atoms with Crippen molar-refractivity contribution in [2.75, 3.05) is 19.6 Å². The smallest absolute Gasteiger partial charge is 0.313 e. The van der Waals surface area contributed by atoms with Crippen molar-refractivity contribution < 1.29 is 4.79 Å². The van der Waals surface area contributed by atoms with Gasteiger partial charge in [-0.25, -0.2) is 4.79 Å². The lowest BCUT2D eigenvalue weighted by Gasteiger charge is -2.18. The first-order valence-electron chi connectivity index (χ1n) is 6.07. The summed E-state index contributed by atoms with van der Waals surface area (Å²) < 4.78 is 1.08. The van der Waals surface area contributed by atoms with E-state index in [2.05, 4.69) is 9.88 Å². The summed E-state index contributed by atoms with van der Waals surface area (Å²) in [7, 11) is 0. The summed E-state index contributed by atoms with van der Waals surface area (Å²) in [6.07, 6.45) is 1.18. The van der Waals surface area contributed by atoms with Gasteiger partial charge >= 0.3 is 5.69 Å². The molecule has 1 heterocycles. The van der Waals surface area contributed by atoms with Crippen LogP contribution in [0.4, 0.5) is 0 Å². The van der Waals surface area contributed by atoms with E-state index in [1.165, 1.54) is 13.1 Å². The average Bonchev–Trinajstić information content (AvgIpc) is 2.33. The third-order valence-corrected chi connectivity index (χ3v) is 2.97. The average molecular weight is 253 g/mol. The second-order valence-electron chi connectivity index (χ2n) is 4.05. The van der Waals surface area contributed by atoms with Crippen LogP contribution in [0.5, 0.6) is 0 Å². The Morgan fingerprint density at radius 3 is 2.44 bits per heavy atom. The van der Waals surface area contributed by atoms with Gasteiger partial charge in [0.25, 0.3) is 5.56 Å². The molecule has 6 heteroatoms. The summed E-state index contributed by atoms with van der Waals surface area (Å²) >= 11 is 0. The maximum Gasteiger partial charge on any atom is 0.328 e. The second-order valence-corrected chi connectivity index (χ2v) is 4.05. The van der Waals surface area contributed by atoms with E-state index in [1.807, 2.05) is 13.8 Å². The lowest BCUT2D eigenvalue weighted by atomic mass is 10.2. The molecule has 100 valence electrons. The number of carbonyl (C=O) groups is 1. The molecule has 1 aromatic heterocycles. The highest BCUT2D eigenvalue weighted by Gasteiger charge is 2.11. The summed E-state index contributed by atoms with van der Waals surface area (Å²) in [5.74, 6) is -0.340. The number of hydrogen-bond donors (Lipinski definition) is 1. The van der Waals surface area contributed by atoms with Gasteiger partial charge in [-0.2, -0.15) is 0 Å². The number of nitrogens with one attached hydrogen (secondary N) is 1. The fraction of sp³-hybridized carbons (Fsp3) is 0.583. The molecule has 6 nitrogen and oxygen atoms in total. The van der Waals surface area contributed by atoms with Crippen LogP contribution in [-0.2, 0) is 6.54 Å². The molecule has 1 rings (SSSR count). The van der Waals surface area contributed by atoms with Crippen LogP contribution < -0.4 is 11.2 Å². The Hall–Kier alpha value is -1.69. The van der Waals surface area contributed by atoms with Crippen LogP contribution in [0.1, 0.15) is 31.1 Å². The summed E-state index contributed by atoms with van der Waals surface area (Å²) in [5.41, 5.74) is -0.968. The van der Waals surface area contributed by atoms with Gasteiger partial charge in [-0.15, -0.1) is 0 Å². The van der Waals surface area contributed by atoms with Gasteiger partial charge in [0.2, 0.25) is 0 Å². The number of aromatic nitrogens is 2. The van der Waals surface area contributed by atoms with Gasteiger partial charge in [-0.05, 0) is 20.0 Å². The summed E-state index contributed by atoms with van der Waals surface area (Å²) in [6, 6.07) is 0. The van der Waals surface area contributed by atoms with Crippen LogP contribution in [0.3, 0.4) is 0 Å². The monoisotopic (exact) mass is 253 g/mol.